The van der Waals surface area contributed by atoms with E-state index < -0.39 is 16.1 Å². The van der Waals surface area contributed by atoms with Gasteiger partial charge in [0.05, 0.1) is 0 Å². The summed E-state index contributed by atoms with van der Waals surface area (Å²) in [4.78, 5) is 12.1. The maximum Gasteiger partial charge on any atom is 0.319 e. The first-order valence-corrected chi connectivity index (χ1v) is 14.1. The second-order valence-electron chi connectivity index (χ2n) is 7.84. The van der Waals surface area contributed by atoms with Crippen molar-refractivity contribution in [2.24, 2.45) is 0 Å². The third-order valence-electron chi connectivity index (χ3n) is 5.04. The van der Waals surface area contributed by atoms with E-state index in [-0.39, 0.29) is 28.8 Å². The zero-order valence-corrected chi connectivity index (χ0v) is 22.6. The van der Waals surface area contributed by atoms with Gasteiger partial charge in [0.15, 0.2) is 11.5 Å². The number of urea groups is 1. The van der Waals surface area contributed by atoms with Gasteiger partial charge in [0.2, 0.25) is 10.0 Å². The maximum absolute atomic E-state index is 12.8. The number of para-hydroxylation sites is 1. The number of halogens is 2. The molecule has 0 fully saturated rings. The van der Waals surface area contributed by atoms with E-state index >= 15 is 0 Å². The number of phenolic OH excluding ortho intramolecular Hbond substituents is 2. The van der Waals surface area contributed by atoms with Gasteiger partial charge in [0.25, 0.3) is 0 Å². The van der Waals surface area contributed by atoms with E-state index in [1.54, 1.807) is 29.6 Å². The summed E-state index contributed by atoms with van der Waals surface area (Å²) in [5.41, 5.74) is 1.65. The summed E-state index contributed by atoms with van der Waals surface area (Å²) in [6.45, 7) is -0.00290. The lowest BCUT2D eigenvalue weighted by atomic mass is 10.1. The number of hydrogen-bond acceptors (Lipinski definition) is 7. The third kappa shape index (κ3) is 7.09. The van der Waals surface area contributed by atoms with Gasteiger partial charge in [-0.25, -0.2) is 17.9 Å². The SMILES string of the molecule is O=C(NCCNS(=O)(=O)c1cc(-c2ccccc2Oc2ccc(O)c(O)c2)cs1)Nc1cc(Cl)cc(Cl)c1. The Morgan fingerprint density at radius 2 is 1.66 bits per heavy atom. The summed E-state index contributed by atoms with van der Waals surface area (Å²) in [7, 11) is -3.84. The van der Waals surface area contributed by atoms with Crippen molar-refractivity contribution in [3.63, 3.8) is 0 Å². The molecule has 0 spiro atoms. The topological polar surface area (TPSA) is 137 Å². The average molecular weight is 594 g/mol. The van der Waals surface area contributed by atoms with Crippen LogP contribution in [0, 0.1) is 0 Å². The molecule has 0 aliphatic rings. The van der Waals surface area contributed by atoms with Gasteiger partial charge in [-0.15, -0.1) is 11.3 Å². The molecule has 4 aromatic rings. The number of carbonyl (C=O) groups excluding carboxylic acids is 1. The molecule has 38 heavy (non-hydrogen) atoms. The van der Waals surface area contributed by atoms with Crippen molar-refractivity contribution in [1.29, 1.82) is 0 Å². The molecule has 9 nitrogen and oxygen atoms in total. The minimum atomic E-state index is -3.84. The molecule has 2 amide bonds. The Bertz CT molecular complexity index is 1560. The molecule has 0 radical (unpaired) electrons. The number of amides is 2. The smallest absolute Gasteiger partial charge is 0.319 e. The minimum absolute atomic E-state index is 0.0355. The third-order valence-corrected chi connectivity index (χ3v) is 8.37. The summed E-state index contributed by atoms with van der Waals surface area (Å²) in [6, 6.07) is 16.7. The van der Waals surface area contributed by atoms with Crippen LogP contribution in [0.4, 0.5) is 10.5 Å². The van der Waals surface area contributed by atoms with Crippen LogP contribution in [0.5, 0.6) is 23.0 Å². The number of nitrogens with one attached hydrogen (secondary N) is 3. The van der Waals surface area contributed by atoms with E-state index in [9.17, 15) is 23.4 Å². The Balaban J connectivity index is 1.36. The van der Waals surface area contributed by atoms with Crippen molar-refractivity contribution in [3.8, 4) is 34.1 Å². The van der Waals surface area contributed by atoms with Crippen LogP contribution < -0.4 is 20.1 Å². The Kier molecular flexibility index (Phi) is 8.65. The van der Waals surface area contributed by atoms with Gasteiger partial charge < -0.3 is 25.6 Å². The lowest BCUT2D eigenvalue weighted by molar-refractivity contribution is 0.252. The van der Waals surface area contributed by atoms with Crippen molar-refractivity contribution in [2.45, 2.75) is 4.21 Å². The number of carbonyl (C=O) groups is 1. The van der Waals surface area contributed by atoms with E-state index in [1.807, 2.05) is 0 Å². The van der Waals surface area contributed by atoms with Crippen molar-refractivity contribution < 1.29 is 28.2 Å². The normalized spacial score (nSPS) is 11.2. The second-order valence-corrected chi connectivity index (χ2v) is 11.6. The molecule has 13 heteroatoms. The molecule has 1 heterocycles. The van der Waals surface area contributed by atoms with Crippen LogP contribution in [0.3, 0.4) is 0 Å². The molecule has 0 saturated carbocycles. The lowest BCUT2D eigenvalue weighted by Crippen LogP contribution is -2.36. The average Bonchev–Trinajstić information content (AvgIpc) is 3.35. The number of ether oxygens (including phenoxy) is 1. The summed E-state index contributed by atoms with van der Waals surface area (Å²) in [5.74, 6) is 0.138. The Morgan fingerprint density at radius 3 is 2.39 bits per heavy atom. The predicted molar refractivity (Wildman–Crippen MR) is 148 cm³/mol. The van der Waals surface area contributed by atoms with Gasteiger partial charge in [-0.2, -0.15) is 0 Å². The first-order chi connectivity index (χ1) is 18.1. The van der Waals surface area contributed by atoms with Gasteiger partial charge in [0, 0.05) is 45.8 Å². The number of rotatable bonds is 9. The van der Waals surface area contributed by atoms with E-state index in [0.29, 0.717) is 38.4 Å². The van der Waals surface area contributed by atoms with Gasteiger partial charge in [-0.05, 0) is 48.0 Å². The standard InChI is InChI=1S/C25H21Cl2N3O6S2/c26-16-10-17(27)12-18(11-16)30-25(33)28-7-8-29-38(34,35)24-9-15(14-37-24)20-3-1-2-4-23(20)36-19-5-6-21(31)22(32)13-19/h1-6,9-14,29,31-32H,7-8H2,(H2,28,30,33). The molecule has 0 bridgehead atoms. The molecule has 0 saturated heterocycles. The van der Waals surface area contributed by atoms with Crippen LogP contribution in [0.2, 0.25) is 10.0 Å². The Morgan fingerprint density at radius 1 is 0.921 bits per heavy atom. The molecular formula is C25H21Cl2N3O6S2. The highest BCUT2D eigenvalue weighted by molar-refractivity contribution is 7.91. The molecule has 0 aliphatic heterocycles. The Hall–Kier alpha value is -3.48. The number of benzene rings is 3. The molecule has 198 valence electrons. The molecule has 4 rings (SSSR count). The number of sulfonamides is 1. The Labute approximate surface area is 232 Å². The number of hydrogen-bond donors (Lipinski definition) is 5. The lowest BCUT2D eigenvalue weighted by Gasteiger charge is -2.11. The van der Waals surface area contributed by atoms with Crippen molar-refractivity contribution >= 4 is 56.3 Å². The quantitative estimate of drug-likeness (QED) is 0.119. The van der Waals surface area contributed by atoms with E-state index in [1.165, 1.54) is 42.5 Å². The highest BCUT2D eigenvalue weighted by Crippen LogP contribution is 2.38. The molecule has 0 unspecified atom stereocenters. The van der Waals surface area contributed by atoms with E-state index in [2.05, 4.69) is 15.4 Å². The van der Waals surface area contributed by atoms with E-state index in [0.717, 1.165) is 11.3 Å². The molecule has 5 N–H and O–H groups in total. The van der Waals surface area contributed by atoms with Crippen LogP contribution in [0.15, 0.2) is 76.3 Å². The van der Waals surface area contributed by atoms with Crippen LogP contribution in [0.25, 0.3) is 11.1 Å². The highest BCUT2D eigenvalue weighted by atomic mass is 35.5. The second kappa shape index (κ2) is 11.9. The molecule has 1 aromatic heterocycles. The van der Waals surface area contributed by atoms with Gasteiger partial charge in [-0.1, -0.05) is 41.4 Å². The number of aromatic hydroxyl groups is 2. The predicted octanol–water partition coefficient (Wildman–Crippen LogP) is 6.03. The van der Waals surface area contributed by atoms with Crippen LogP contribution >= 0.6 is 34.5 Å². The zero-order valence-electron chi connectivity index (χ0n) is 19.4. The largest absolute Gasteiger partial charge is 0.504 e. The number of anilines is 1. The first-order valence-electron chi connectivity index (χ1n) is 11.0. The summed E-state index contributed by atoms with van der Waals surface area (Å²) in [5, 5.41) is 26.8. The van der Waals surface area contributed by atoms with Gasteiger partial charge >= 0.3 is 6.03 Å². The van der Waals surface area contributed by atoms with Gasteiger partial charge in [-0.3, -0.25) is 0 Å². The summed E-state index contributed by atoms with van der Waals surface area (Å²) < 4.78 is 34.0. The number of thiophene rings is 1. The highest BCUT2D eigenvalue weighted by Gasteiger charge is 2.18. The van der Waals surface area contributed by atoms with Crippen LogP contribution in [-0.4, -0.2) is 37.8 Å². The minimum Gasteiger partial charge on any atom is -0.504 e. The fraction of sp³-hybridized carbons (Fsp3) is 0.0800. The first kappa shape index (κ1) is 27.6. The van der Waals surface area contributed by atoms with Crippen LogP contribution in [-0.2, 0) is 10.0 Å². The van der Waals surface area contributed by atoms with Gasteiger partial charge in [0.1, 0.15) is 15.7 Å². The molecule has 0 atom stereocenters. The summed E-state index contributed by atoms with van der Waals surface area (Å²) >= 11 is 12.9. The van der Waals surface area contributed by atoms with Crippen molar-refractivity contribution in [2.75, 3.05) is 18.4 Å². The monoisotopic (exact) mass is 593 g/mol. The zero-order chi connectivity index (χ0) is 27.3. The number of phenols is 2. The molecule has 3 aromatic carbocycles. The maximum atomic E-state index is 12.8. The summed E-state index contributed by atoms with van der Waals surface area (Å²) in [6.07, 6.45) is 0. The van der Waals surface area contributed by atoms with Crippen molar-refractivity contribution in [1.82, 2.24) is 10.0 Å². The fourth-order valence-corrected chi connectivity index (χ4v) is 6.10. The van der Waals surface area contributed by atoms with Crippen LogP contribution in [0.1, 0.15) is 0 Å². The van der Waals surface area contributed by atoms with E-state index in [4.69, 9.17) is 27.9 Å². The molecular weight excluding hydrogens is 573 g/mol. The fourth-order valence-electron chi connectivity index (χ4n) is 3.32. The molecule has 0 aliphatic carbocycles. The van der Waals surface area contributed by atoms with Crippen molar-refractivity contribution in [3.05, 3.63) is 82.2 Å².